The van der Waals surface area contributed by atoms with Crippen molar-refractivity contribution in [1.29, 1.82) is 0 Å². The van der Waals surface area contributed by atoms with Crippen molar-refractivity contribution in [3.05, 3.63) is 50.1 Å². The van der Waals surface area contributed by atoms with Gasteiger partial charge in [0.2, 0.25) is 5.78 Å². The zero-order chi connectivity index (χ0) is 13.1. The zero-order valence-corrected chi connectivity index (χ0v) is 12.6. The summed E-state index contributed by atoms with van der Waals surface area (Å²) in [5, 5.41) is 0. The lowest BCUT2D eigenvalue weighted by Crippen LogP contribution is -2.00. The van der Waals surface area contributed by atoms with E-state index in [1.807, 2.05) is 38.1 Å². The largest absolute Gasteiger partial charge is 0.494 e. The van der Waals surface area contributed by atoms with Crippen LogP contribution in [0.15, 0.2) is 34.8 Å². The molecule has 0 aliphatic rings. The molecular formula is C14H13BrO2S. The first-order valence-corrected chi connectivity index (χ1v) is 7.26. The van der Waals surface area contributed by atoms with E-state index in [1.165, 1.54) is 11.3 Å². The van der Waals surface area contributed by atoms with Crippen LogP contribution in [-0.2, 0) is 0 Å². The summed E-state index contributed by atoms with van der Waals surface area (Å²) in [4.78, 5) is 14.2. The first kappa shape index (κ1) is 13.3. The van der Waals surface area contributed by atoms with Crippen molar-refractivity contribution >= 4 is 33.0 Å². The second-order valence-electron chi connectivity index (χ2n) is 3.81. The van der Waals surface area contributed by atoms with Crippen LogP contribution in [0.5, 0.6) is 5.75 Å². The van der Waals surface area contributed by atoms with Gasteiger partial charge in [-0.2, -0.15) is 0 Å². The highest BCUT2D eigenvalue weighted by Gasteiger charge is 2.14. The van der Waals surface area contributed by atoms with Crippen molar-refractivity contribution in [3.63, 3.8) is 0 Å². The normalized spacial score (nSPS) is 10.4. The van der Waals surface area contributed by atoms with E-state index < -0.39 is 0 Å². The molecule has 1 aromatic carbocycles. The van der Waals surface area contributed by atoms with Gasteiger partial charge in [0.25, 0.3) is 0 Å². The quantitative estimate of drug-likeness (QED) is 0.777. The van der Waals surface area contributed by atoms with E-state index in [0.29, 0.717) is 12.2 Å². The lowest BCUT2D eigenvalue weighted by atomic mass is 10.1. The van der Waals surface area contributed by atoms with Crippen molar-refractivity contribution < 1.29 is 9.53 Å². The number of hydrogen-bond acceptors (Lipinski definition) is 3. The van der Waals surface area contributed by atoms with Crippen LogP contribution >= 0.6 is 27.3 Å². The maximum absolute atomic E-state index is 12.3. The standard InChI is InChI=1S/C14H13BrO2S/c1-3-17-10-5-6-11(12(15)8-10)14(16)13-7-4-9(2)18-13/h4-8H,3H2,1-2H3. The van der Waals surface area contributed by atoms with Gasteiger partial charge in [0.1, 0.15) is 5.75 Å². The summed E-state index contributed by atoms with van der Waals surface area (Å²) < 4.78 is 6.16. The Labute approximate surface area is 119 Å². The number of carbonyl (C=O) groups excluding carboxylic acids is 1. The number of benzene rings is 1. The highest BCUT2D eigenvalue weighted by Crippen LogP contribution is 2.27. The predicted octanol–water partition coefficient (Wildman–Crippen LogP) is 4.45. The van der Waals surface area contributed by atoms with Gasteiger partial charge in [0.05, 0.1) is 11.5 Å². The molecule has 94 valence electrons. The fourth-order valence-corrected chi connectivity index (χ4v) is 2.99. The predicted molar refractivity (Wildman–Crippen MR) is 77.8 cm³/mol. The number of thiophene rings is 1. The number of ether oxygens (including phenoxy) is 1. The molecule has 0 spiro atoms. The molecule has 1 aromatic heterocycles. The average molecular weight is 325 g/mol. The SMILES string of the molecule is CCOc1ccc(C(=O)c2ccc(C)s2)c(Br)c1. The number of carbonyl (C=O) groups is 1. The molecule has 2 aromatic rings. The zero-order valence-electron chi connectivity index (χ0n) is 10.2. The van der Waals surface area contributed by atoms with E-state index in [2.05, 4.69) is 15.9 Å². The fraction of sp³-hybridized carbons (Fsp3) is 0.214. The second-order valence-corrected chi connectivity index (χ2v) is 5.96. The van der Waals surface area contributed by atoms with Crippen LogP contribution in [-0.4, -0.2) is 12.4 Å². The molecule has 0 saturated heterocycles. The molecular weight excluding hydrogens is 312 g/mol. The highest BCUT2D eigenvalue weighted by molar-refractivity contribution is 9.10. The summed E-state index contributed by atoms with van der Waals surface area (Å²) in [6, 6.07) is 9.28. The second kappa shape index (κ2) is 5.67. The van der Waals surface area contributed by atoms with Crippen molar-refractivity contribution in [3.8, 4) is 5.75 Å². The first-order valence-electron chi connectivity index (χ1n) is 5.65. The van der Waals surface area contributed by atoms with Gasteiger partial charge in [-0.05, 0) is 60.1 Å². The molecule has 2 nitrogen and oxygen atoms in total. The number of halogens is 1. The van der Waals surface area contributed by atoms with E-state index in [1.54, 1.807) is 6.07 Å². The van der Waals surface area contributed by atoms with Gasteiger partial charge in [-0.1, -0.05) is 0 Å². The van der Waals surface area contributed by atoms with Crippen molar-refractivity contribution in [2.75, 3.05) is 6.61 Å². The third-order valence-electron chi connectivity index (χ3n) is 2.46. The Morgan fingerprint density at radius 1 is 1.33 bits per heavy atom. The van der Waals surface area contributed by atoms with Crippen molar-refractivity contribution in [1.82, 2.24) is 0 Å². The lowest BCUT2D eigenvalue weighted by Gasteiger charge is -2.06. The summed E-state index contributed by atoms with van der Waals surface area (Å²) >= 11 is 4.94. The van der Waals surface area contributed by atoms with E-state index >= 15 is 0 Å². The minimum Gasteiger partial charge on any atom is -0.494 e. The summed E-state index contributed by atoms with van der Waals surface area (Å²) in [5.74, 6) is 0.811. The Balaban J connectivity index is 2.31. The first-order chi connectivity index (χ1) is 8.61. The van der Waals surface area contributed by atoms with Crippen LogP contribution in [0.2, 0.25) is 0 Å². The molecule has 0 N–H and O–H groups in total. The molecule has 0 aliphatic carbocycles. The topological polar surface area (TPSA) is 26.3 Å². The van der Waals surface area contributed by atoms with E-state index in [-0.39, 0.29) is 5.78 Å². The molecule has 2 rings (SSSR count). The number of hydrogen-bond donors (Lipinski definition) is 0. The number of ketones is 1. The Bertz CT molecular complexity index is 575. The molecule has 1 heterocycles. The van der Waals surface area contributed by atoms with E-state index in [4.69, 9.17) is 4.74 Å². The lowest BCUT2D eigenvalue weighted by molar-refractivity contribution is 0.104. The van der Waals surface area contributed by atoms with Crippen molar-refractivity contribution in [2.24, 2.45) is 0 Å². The van der Waals surface area contributed by atoms with Crippen LogP contribution in [0.1, 0.15) is 27.0 Å². The molecule has 0 amide bonds. The van der Waals surface area contributed by atoms with Crippen LogP contribution in [0.4, 0.5) is 0 Å². The van der Waals surface area contributed by atoms with Crippen molar-refractivity contribution in [2.45, 2.75) is 13.8 Å². The van der Waals surface area contributed by atoms with Gasteiger partial charge in [-0.15, -0.1) is 11.3 Å². The maximum Gasteiger partial charge on any atom is 0.204 e. The third-order valence-corrected chi connectivity index (χ3v) is 4.12. The minimum absolute atomic E-state index is 0.0445. The van der Waals surface area contributed by atoms with Gasteiger partial charge < -0.3 is 4.74 Å². The monoisotopic (exact) mass is 324 g/mol. The summed E-state index contributed by atoms with van der Waals surface area (Å²) in [7, 11) is 0. The number of rotatable bonds is 4. The highest BCUT2D eigenvalue weighted by atomic mass is 79.9. The van der Waals surface area contributed by atoms with Crippen LogP contribution < -0.4 is 4.74 Å². The van der Waals surface area contributed by atoms with E-state index in [9.17, 15) is 4.79 Å². The smallest absolute Gasteiger partial charge is 0.204 e. The van der Waals surface area contributed by atoms with E-state index in [0.717, 1.165) is 20.0 Å². The van der Waals surface area contributed by atoms with Crippen LogP contribution in [0.25, 0.3) is 0 Å². The summed E-state index contributed by atoms with van der Waals surface area (Å²) in [6.45, 7) is 4.54. The molecule has 0 fully saturated rings. The molecule has 0 aliphatic heterocycles. The summed E-state index contributed by atoms with van der Waals surface area (Å²) in [6.07, 6.45) is 0. The Kier molecular flexibility index (Phi) is 4.19. The minimum atomic E-state index is 0.0445. The van der Waals surface area contributed by atoms with Gasteiger partial charge >= 0.3 is 0 Å². The molecule has 4 heteroatoms. The van der Waals surface area contributed by atoms with Crippen LogP contribution in [0.3, 0.4) is 0 Å². The maximum atomic E-state index is 12.3. The Morgan fingerprint density at radius 2 is 2.11 bits per heavy atom. The third kappa shape index (κ3) is 2.82. The summed E-state index contributed by atoms with van der Waals surface area (Å²) in [5.41, 5.74) is 0.667. The van der Waals surface area contributed by atoms with Gasteiger partial charge in [-0.3, -0.25) is 4.79 Å². The number of aryl methyl sites for hydroxylation is 1. The average Bonchev–Trinajstić information content (AvgIpc) is 2.76. The van der Waals surface area contributed by atoms with Crippen LogP contribution in [0, 0.1) is 6.92 Å². The molecule has 0 saturated carbocycles. The fourth-order valence-electron chi connectivity index (χ4n) is 1.63. The Hall–Kier alpha value is -1.13. The molecule has 18 heavy (non-hydrogen) atoms. The molecule has 0 bridgehead atoms. The van der Waals surface area contributed by atoms with Gasteiger partial charge in [-0.25, -0.2) is 0 Å². The Morgan fingerprint density at radius 3 is 2.67 bits per heavy atom. The van der Waals surface area contributed by atoms with Gasteiger partial charge in [0.15, 0.2) is 0 Å². The molecule has 0 radical (unpaired) electrons. The molecule has 0 atom stereocenters. The van der Waals surface area contributed by atoms with Gasteiger partial charge in [0, 0.05) is 14.9 Å². The molecule has 0 unspecified atom stereocenters.